The van der Waals surface area contributed by atoms with Crippen molar-refractivity contribution in [1.82, 2.24) is 4.90 Å². The Balaban J connectivity index is 2.60. The molecule has 0 aromatic carbocycles. The van der Waals surface area contributed by atoms with Crippen LogP contribution in [0.25, 0.3) is 0 Å². The fourth-order valence-electron chi connectivity index (χ4n) is 2.16. The van der Waals surface area contributed by atoms with E-state index in [1.165, 1.54) is 6.08 Å². The fourth-order valence-corrected chi connectivity index (χ4v) is 2.16. The maximum atomic E-state index is 11.5. The smallest absolute Gasteiger partial charge is 0.246 e. The lowest BCUT2D eigenvalue weighted by atomic mass is 9.87. The Morgan fingerprint density at radius 3 is 2.71 bits per heavy atom. The number of hydrogen-bond donors (Lipinski definition) is 0. The van der Waals surface area contributed by atoms with E-state index in [0.717, 1.165) is 25.8 Å². The zero-order valence-corrected chi connectivity index (χ0v) is 9.55. The molecular weight excluding hydrogens is 174 g/mol. The molecular formula is C12H21NO. The Kier molecular flexibility index (Phi) is 3.35. The van der Waals surface area contributed by atoms with E-state index in [1.54, 1.807) is 0 Å². The number of nitrogens with zero attached hydrogens (tertiary/aromatic N) is 1. The third kappa shape index (κ3) is 2.86. The van der Waals surface area contributed by atoms with Crippen LogP contribution in [0.15, 0.2) is 12.7 Å². The molecule has 0 aliphatic carbocycles. The summed E-state index contributed by atoms with van der Waals surface area (Å²) >= 11 is 0. The lowest BCUT2D eigenvalue weighted by Crippen LogP contribution is -2.36. The molecule has 0 N–H and O–H groups in total. The summed E-state index contributed by atoms with van der Waals surface area (Å²) in [5, 5.41) is 0. The van der Waals surface area contributed by atoms with Gasteiger partial charge in [-0.25, -0.2) is 0 Å². The standard InChI is InChI=1S/C12H21NO/c1-5-11(14)13-8-6-7-10(13)9-12(2,3)4/h5,10H,1,6-9H2,2-4H3/t10-/m0/s1. The van der Waals surface area contributed by atoms with Crippen LogP contribution in [0.5, 0.6) is 0 Å². The van der Waals surface area contributed by atoms with Crippen LogP contribution in [0, 0.1) is 5.41 Å². The van der Waals surface area contributed by atoms with Gasteiger partial charge in [-0.1, -0.05) is 27.4 Å². The fraction of sp³-hybridized carbons (Fsp3) is 0.750. The maximum absolute atomic E-state index is 11.5. The van der Waals surface area contributed by atoms with Crippen LogP contribution >= 0.6 is 0 Å². The van der Waals surface area contributed by atoms with Crippen LogP contribution in [0.1, 0.15) is 40.0 Å². The maximum Gasteiger partial charge on any atom is 0.246 e. The molecule has 0 saturated carbocycles. The van der Waals surface area contributed by atoms with E-state index >= 15 is 0 Å². The molecule has 0 bridgehead atoms. The monoisotopic (exact) mass is 195 g/mol. The molecule has 1 aliphatic heterocycles. The summed E-state index contributed by atoms with van der Waals surface area (Å²) in [5.74, 6) is 0.0942. The first-order valence-electron chi connectivity index (χ1n) is 5.37. The van der Waals surface area contributed by atoms with Gasteiger partial charge in [-0.15, -0.1) is 0 Å². The van der Waals surface area contributed by atoms with Gasteiger partial charge in [0.2, 0.25) is 5.91 Å². The predicted molar refractivity (Wildman–Crippen MR) is 59.0 cm³/mol. The van der Waals surface area contributed by atoms with Crippen molar-refractivity contribution in [3.05, 3.63) is 12.7 Å². The Morgan fingerprint density at radius 1 is 1.57 bits per heavy atom. The van der Waals surface area contributed by atoms with Gasteiger partial charge < -0.3 is 4.90 Å². The van der Waals surface area contributed by atoms with Crippen molar-refractivity contribution in [3.8, 4) is 0 Å². The molecule has 1 heterocycles. The molecule has 14 heavy (non-hydrogen) atoms. The first kappa shape index (κ1) is 11.3. The molecule has 80 valence electrons. The zero-order valence-electron chi connectivity index (χ0n) is 9.55. The summed E-state index contributed by atoms with van der Waals surface area (Å²) in [6.07, 6.45) is 4.81. The summed E-state index contributed by atoms with van der Waals surface area (Å²) in [7, 11) is 0. The largest absolute Gasteiger partial charge is 0.336 e. The van der Waals surface area contributed by atoms with E-state index in [2.05, 4.69) is 27.4 Å². The minimum atomic E-state index is 0.0942. The Bertz CT molecular complexity index is 227. The zero-order chi connectivity index (χ0) is 10.8. The molecule has 1 amide bonds. The van der Waals surface area contributed by atoms with Crippen LogP contribution in [0.3, 0.4) is 0 Å². The van der Waals surface area contributed by atoms with Gasteiger partial charge >= 0.3 is 0 Å². The van der Waals surface area contributed by atoms with Gasteiger partial charge in [0.25, 0.3) is 0 Å². The second-order valence-electron chi connectivity index (χ2n) is 5.30. The highest BCUT2D eigenvalue weighted by molar-refractivity contribution is 5.87. The molecule has 1 atom stereocenters. The van der Waals surface area contributed by atoms with E-state index in [0.29, 0.717) is 11.5 Å². The average molecular weight is 195 g/mol. The quantitative estimate of drug-likeness (QED) is 0.620. The number of hydrogen-bond acceptors (Lipinski definition) is 1. The van der Waals surface area contributed by atoms with Gasteiger partial charge in [-0.2, -0.15) is 0 Å². The van der Waals surface area contributed by atoms with Gasteiger partial charge in [-0.05, 0) is 30.8 Å². The SMILES string of the molecule is C=CC(=O)N1CCC[C@H]1CC(C)(C)C. The second kappa shape index (κ2) is 4.16. The third-order valence-electron chi connectivity index (χ3n) is 2.68. The normalized spacial score (nSPS) is 22.5. The summed E-state index contributed by atoms with van der Waals surface area (Å²) in [6, 6.07) is 0.431. The number of carbonyl (C=O) groups is 1. The topological polar surface area (TPSA) is 20.3 Å². The molecule has 1 saturated heterocycles. The van der Waals surface area contributed by atoms with E-state index in [9.17, 15) is 4.79 Å². The highest BCUT2D eigenvalue weighted by atomic mass is 16.2. The number of carbonyl (C=O) groups excluding carboxylic acids is 1. The number of amides is 1. The molecule has 0 spiro atoms. The lowest BCUT2D eigenvalue weighted by molar-refractivity contribution is -0.127. The molecule has 0 aromatic heterocycles. The van der Waals surface area contributed by atoms with Crippen LogP contribution in [-0.2, 0) is 4.79 Å². The molecule has 1 rings (SSSR count). The molecule has 0 unspecified atom stereocenters. The average Bonchev–Trinajstić information content (AvgIpc) is 2.48. The second-order valence-corrected chi connectivity index (χ2v) is 5.30. The minimum absolute atomic E-state index is 0.0942. The van der Waals surface area contributed by atoms with Crippen molar-refractivity contribution >= 4 is 5.91 Å². The van der Waals surface area contributed by atoms with Crippen molar-refractivity contribution in [1.29, 1.82) is 0 Å². The van der Waals surface area contributed by atoms with Gasteiger partial charge in [0.1, 0.15) is 0 Å². The molecule has 1 fully saturated rings. The van der Waals surface area contributed by atoms with Gasteiger partial charge in [-0.3, -0.25) is 4.79 Å². The highest BCUT2D eigenvalue weighted by Crippen LogP contribution is 2.29. The van der Waals surface area contributed by atoms with Crippen LogP contribution in [0.2, 0.25) is 0 Å². The summed E-state index contributed by atoms with van der Waals surface area (Å²) in [4.78, 5) is 13.5. The van der Waals surface area contributed by atoms with E-state index in [4.69, 9.17) is 0 Å². The lowest BCUT2D eigenvalue weighted by Gasteiger charge is -2.29. The molecule has 2 nitrogen and oxygen atoms in total. The predicted octanol–water partition coefficient (Wildman–Crippen LogP) is 2.60. The van der Waals surface area contributed by atoms with Crippen molar-refractivity contribution in [2.24, 2.45) is 5.41 Å². The van der Waals surface area contributed by atoms with Gasteiger partial charge in [0.05, 0.1) is 0 Å². The third-order valence-corrected chi connectivity index (χ3v) is 2.68. The molecule has 0 aromatic rings. The first-order chi connectivity index (χ1) is 6.44. The first-order valence-corrected chi connectivity index (χ1v) is 5.37. The van der Waals surface area contributed by atoms with E-state index < -0.39 is 0 Å². The van der Waals surface area contributed by atoms with Crippen molar-refractivity contribution < 1.29 is 4.79 Å². The Labute approximate surface area is 87.0 Å². The van der Waals surface area contributed by atoms with Crippen molar-refractivity contribution in [2.45, 2.75) is 46.1 Å². The molecule has 0 radical (unpaired) electrons. The van der Waals surface area contributed by atoms with E-state index in [-0.39, 0.29) is 5.91 Å². The van der Waals surface area contributed by atoms with Gasteiger partial charge in [0.15, 0.2) is 0 Å². The number of rotatable bonds is 2. The molecule has 1 aliphatic rings. The summed E-state index contributed by atoms with van der Waals surface area (Å²) in [6.45, 7) is 11.1. The van der Waals surface area contributed by atoms with Crippen LogP contribution < -0.4 is 0 Å². The van der Waals surface area contributed by atoms with E-state index in [1.807, 2.05) is 4.90 Å². The Morgan fingerprint density at radius 2 is 2.21 bits per heavy atom. The van der Waals surface area contributed by atoms with Crippen molar-refractivity contribution in [3.63, 3.8) is 0 Å². The highest BCUT2D eigenvalue weighted by Gasteiger charge is 2.30. The Hall–Kier alpha value is -0.790. The van der Waals surface area contributed by atoms with Crippen molar-refractivity contribution in [2.75, 3.05) is 6.54 Å². The number of likely N-dealkylation sites (tertiary alicyclic amines) is 1. The van der Waals surface area contributed by atoms with Crippen LogP contribution in [0.4, 0.5) is 0 Å². The minimum Gasteiger partial charge on any atom is -0.336 e. The molecule has 2 heteroatoms. The summed E-state index contributed by atoms with van der Waals surface area (Å²) in [5.41, 5.74) is 0.300. The van der Waals surface area contributed by atoms with Gasteiger partial charge in [0, 0.05) is 12.6 Å². The summed E-state index contributed by atoms with van der Waals surface area (Å²) < 4.78 is 0. The van der Waals surface area contributed by atoms with Crippen LogP contribution in [-0.4, -0.2) is 23.4 Å².